The highest BCUT2D eigenvalue weighted by atomic mass is 15.1. The lowest BCUT2D eigenvalue weighted by atomic mass is 10.1. The van der Waals surface area contributed by atoms with E-state index >= 15 is 0 Å². The average Bonchev–Trinajstić information content (AvgIpc) is 2.87. The minimum atomic E-state index is 0.683. The molecule has 0 saturated heterocycles. The quantitative estimate of drug-likeness (QED) is 0.838. The largest absolute Gasteiger partial charge is 0.331 e. The van der Waals surface area contributed by atoms with Gasteiger partial charge in [0.15, 0.2) is 0 Å². The lowest BCUT2D eigenvalue weighted by Crippen LogP contribution is -2.20. The maximum atomic E-state index is 4.39. The van der Waals surface area contributed by atoms with Gasteiger partial charge in [0.05, 0.1) is 0 Å². The molecule has 1 N–H and O–H groups in total. The molecule has 0 aliphatic carbocycles. The van der Waals surface area contributed by atoms with Gasteiger partial charge in [-0.3, -0.25) is 0 Å². The molecular weight excluding hydrogens is 246 g/mol. The van der Waals surface area contributed by atoms with E-state index in [9.17, 15) is 0 Å². The number of imidazole rings is 1. The molecule has 1 heterocycles. The summed E-state index contributed by atoms with van der Waals surface area (Å²) in [7, 11) is 0. The molecule has 0 radical (unpaired) electrons. The van der Waals surface area contributed by atoms with Crippen molar-refractivity contribution in [3.63, 3.8) is 0 Å². The normalized spacial score (nSPS) is 11.2. The van der Waals surface area contributed by atoms with Crippen LogP contribution in [0.1, 0.15) is 37.7 Å². The highest BCUT2D eigenvalue weighted by Crippen LogP contribution is 2.12. The topological polar surface area (TPSA) is 29.9 Å². The summed E-state index contributed by atoms with van der Waals surface area (Å²) >= 11 is 0. The summed E-state index contributed by atoms with van der Waals surface area (Å²) in [6.45, 7) is 9.51. The van der Waals surface area contributed by atoms with Crippen molar-refractivity contribution < 1.29 is 0 Å². The van der Waals surface area contributed by atoms with E-state index in [1.165, 1.54) is 11.1 Å². The number of hydrogen-bond donors (Lipinski definition) is 1. The summed E-state index contributed by atoms with van der Waals surface area (Å²) in [5, 5.41) is 3.52. The fraction of sp³-hybridized carbons (Fsp3) is 0.471. The minimum absolute atomic E-state index is 0.683. The van der Waals surface area contributed by atoms with E-state index in [1.54, 1.807) is 0 Å². The predicted molar refractivity (Wildman–Crippen MR) is 83.7 cm³/mol. The van der Waals surface area contributed by atoms with Crippen LogP contribution in [0, 0.1) is 5.92 Å². The zero-order chi connectivity index (χ0) is 14.4. The van der Waals surface area contributed by atoms with Crippen LogP contribution in [0.3, 0.4) is 0 Å². The summed E-state index contributed by atoms with van der Waals surface area (Å²) in [6, 6.07) is 8.66. The van der Waals surface area contributed by atoms with Crippen LogP contribution in [0.5, 0.6) is 0 Å². The standard InChI is InChI=1S/C17H25N3/c1-4-17-19-9-10-20(17)13-16-8-6-5-7-15(16)12-18-11-14(2)3/h5-10,14,18H,4,11-13H2,1-3H3. The van der Waals surface area contributed by atoms with Gasteiger partial charge in [0.1, 0.15) is 5.82 Å². The lowest BCUT2D eigenvalue weighted by molar-refractivity contribution is 0.550. The first-order valence-corrected chi connectivity index (χ1v) is 7.48. The molecule has 0 amide bonds. The van der Waals surface area contributed by atoms with Crippen molar-refractivity contribution in [2.24, 2.45) is 5.92 Å². The molecule has 0 bridgehead atoms. The fourth-order valence-electron chi connectivity index (χ4n) is 2.36. The number of aryl methyl sites for hydroxylation is 1. The van der Waals surface area contributed by atoms with Crippen molar-refractivity contribution in [1.82, 2.24) is 14.9 Å². The minimum Gasteiger partial charge on any atom is -0.331 e. The van der Waals surface area contributed by atoms with E-state index < -0.39 is 0 Å². The zero-order valence-electron chi connectivity index (χ0n) is 12.8. The highest BCUT2D eigenvalue weighted by molar-refractivity contribution is 5.27. The number of nitrogens with zero attached hydrogens (tertiary/aromatic N) is 2. The average molecular weight is 271 g/mol. The van der Waals surface area contributed by atoms with Crippen LogP contribution in [0.25, 0.3) is 0 Å². The summed E-state index contributed by atoms with van der Waals surface area (Å²) in [5.41, 5.74) is 2.75. The second kappa shape index (κ2) is 7.25. The molecule has 0 atom stereocenters. The Hall–Kier alpha value is -1.61. The van der Waals surface area contributed by atoms with Crippen LogP contribution >= 0.6 is 0 Å². The van der Waals surface area contributed by atoms with Crippen LogP contribution < -0.4 is 5.32 Å². The van der Waals surface area contributed by atoms with E-state index in [0.29, 0.717) is 5.92 Å². The third-order valence-corrected chi connectivity index (χ3v) is 3.45. The van der Waals surface area contributed by atoms with Gasteiger partial charge < -0.3 is 9.88 Å². The van der Waals surface area contributed by atoms with Gasteiger partial charge in [0.25, 0.3) is 0 Å². The van der Waals surface area contributed by atoms with Gasteiger partial charge in [0, 0.05) is 31.9 Å². The molecular formula is C17H25N3. The van der Waals surface area contributed by atoms with E-state index in [2.05, 4.69) is 66.1 Å². The zero-order valence-corrected chi connectivity index (χ0v) is 12.8. The number of rotatable bonds is 7. The van der Waals surface area contributed by atoms with Gasteiger partial charge in [0.2, 0.25) is 0 Å². The van der Waals surface area contributed by atoms with Gasteiger partial charge in [-0.25, -0.2) is 4.98 Å². The summed E-state index contributed by atoms with van der Waals surface area (Å²) in [4.78, 5) is 4.39. The van der Waals surface area contributed by atoms with Gasteiger partial charge in [-0.05, 0) is 23.6 Å². The SMILES string of the molecule is CCc1nccn1Cc1ccccc1CNCC(C)C. The Labute approximate surface area is 122 Å². The smallest absolute Gasteiger partial charge is 0.108 e. The van der Waals surface area contributed by atoms with Gasteiger partial charge in [-0.1, -0.05) is 45.0 Å². The molecule has 0 aliphatic rings. The van der Waals surface area contributed by atoms with Crippen LogP contribution in [0.15, 0.2) is 36.7 Å². The molecule has 3 nitrogen and oxygen atoms in total. The Morgan fingerprint density at radius 3 is 2.65 bits per heavy atom. The van der Waals surface area contributed by atoms with Gasteiger partial charge in [-0.15, -0.1) is 0 Å². The molecule has 0 aliphatic heterocycles. The summed E-state index contributed by atoms with van der Waals surface area (Å²) < 4.78 is 2.24. The molecule has 3 heteroatoms. The van der Waals surface area contributed by atoms with E-state index in [0.717, 1.165) is 31.9 Å². The second-order valence-electron chi connectivity index (χ2n) is 5.62. The van der Waals surface area contributed by atoms with Crippen LogP contribution in [-0.4, -0.2) is 16.1 Å². The molecule has 1 aromatic carbocycles. The Bertz CT molecular complexity index is 529. The molecule has 108 valence electrons. The van der Waals surface area contributed by atoms with Crippen LogP contribution in [-0.2, 0) is 19.5 Å². The van der Waals surface area contributed by atoms with E-state index in [4.69, 9.17) is 0 Å². The van der Waals surface area contributed by atoms with Crippen molar-refractivity contribution in [1.29, 1.82) is 0 Å². The monoisotopic (exact) mass is 271 g/mol. The first-order valence-electron chi connectivity index (χ1n) is 7.48. The van der Waals surface area contributed by atoms with E-state index in [1.807, 2.05) is 6.20 Å². The third kappa shape index (κ3) is 3.94. The van der Waals surface area contributed by atoms with Crippen molar-refractivity contribution in [3.05, 3.63) is 53.6 Å². The molecule has 0 unspecified atom stereocenters. The van der Waals surface area contributed by atoms with Crippen molar-refractivity contribution in [3.8, 4) is 0 Å². The Morgan fingerprint density at radius 1 is 1.20 bits per heavy atom. The number of nitrogens with one attached hydrogen (secondary N) is 1. The first kappa shape index (κ1) is 14.8. The van der Waals surface area contributed by atoms with Gasteiger partial charge >= 0.3 is 0 Å². The summed E-state index contributed by atoms with van der Waals surface area (Å²) in [5.74, 6) is 1.83. The number of aromatic nitrogens is 2. The molecule has 2 rings (SSSR count). The Morgan fingerprint density at radius 2 is 1.95 bits per heavy atom. The van der Waals surface area contributed by atoms with Crippen LogP contribution in [0.4, 0.5) is 0 Å². The first-order chi connectivity index (χ1) is 9.70. The molecule has 0 fully saturated rings. The Kier molecular flexibility index (Phi) is 5.36. The predicted octanol–water partition coefficient (Wildman–Crippen LogP) is 3.24. The lowest BCUT2D eigenvalue weighted by Gasteiger charge is -2.13. The van der Waals surface area contributed by atoms with Crippen molar-refractivity contribution >= 4 is 0 Å². The van der Waals surface area contributed by atoms with Crippen LogP contribution in [0.2, 0.25) is 0 Å². The maximum Gasteiger partial charge on any atom is 0.108 e. The van der Waals surface area contributed by atoms with Crippen molar-refractivity contribution in [2.75, 3.05) is 6.54 Å². The highest BCUT2D eigenvalue weighted by Gasteiger charge is 2.05. The fourth-order valence-corrected chi connectivity index (χ4v) is 2.36. The third-order valence-electron chi connectivity index (χ3n) is 3.45. The molecule has 0 spiro atoms. The maximum absolute atomic E-state index is 4.39. The Balaban J connectivity index is 2.07. The number of benzene rings is 1. The molecule has 1 aromatic heterocycles. The second-order valence-corrected chi connectivity index (χ2v) is 5.62. The molecule has 2 aromatic rings. The molecule has 20 heavy (non-hydrogen) atoms. The van der Waals surface area contributed by atoms with E-state index in [-0.39, 0.29) is 0 Å². The molecule has 0 saturated carbocycles. The van der Waals surface area contributed by atoms with Crippen molar-refractivity contribution in [2.45, 2.75) is 40.3 Å². The number of hydrogen-bond acceptors (Lipinski definition) is 2. The summed E-state index contributed by atoms with van der Waals surface area (Å²) in [6.07, 6.45) is 4.93. The van der Waals surface area contributed by atoms with Gasteiger partial charge in [-0.2, -0.15) is 0 Å².